The second kappa shape index (κ2) is 11.4. The Labute approximate surface area is 248 Å². The molecule has 0 spiro atoms. The number of para-hydroxylation sites is 1. The average molecular weight is 615 g/mol. The van der Waals surface area contributed by atoms with Gasteiger partial charge >= 0.3 is 17.1 Å². The Morgan fingerprint density at radius 2 is 1.41 bits per heavy atom. The fraction of sp³-hybridized carbons (Fsp3) is 0.548. The summed E-state index contributed by atoms with van der Waals surface area (Å²) in [5.74, 6) is 0. The number of hydrogen-bond acceptors (Lipinski definition) is 6. The number of hydrogen-bond donors (Lipinski definition) is 1. The molecule has 1 unspecified atom stereocenters. The van der Waals surface area contributed by atoms with Crippen LogP contribution in [0.4, 0.5) is 0 Å². The summed E-state index contributed by atoms with van der Waals surface area (Å²) in [6, 6.07) is 18.1. The lowest BCUT2D eigenvalue weighted by atomic mass is 10.1. The maximum atomic E-state index is 14.1. The van der Waals surface area contributed by atoms with Gasteiger partial charge in [-0.1, -0.05) is 91.8 Å². The van der Waals surface area contributed by atoms with Crippen LogP contribution < -0.4 is 5.32 Å². The lowest BCUT2D eigenvalue weighted by molar-refractivity contribution is 0.0579. The van der Waals surface area contributed by atoms with Crippen molar-refractivity contribution >= 4 is 38.0 Å². The van der Waals surface area contributed by atoms with Crippen LogP contribution in [0, 0.1) is 0 Å². The summed E-state index contributed by atoms with van der Waals surface area (Å²) in [6.45, 7) is 18.3. The van der Waals surface area contributed by atoms with Gasteiger partial charge in [0.25, 0.3) is 10.0 Å². The van der Waals surface area contributed by atoms with Crippen LogP contribution >= 0.6 is 0 Å². The molecule has 41 heavy (non-hydrogen) atoms. The van der Waals surface area contributed by atoms with Crippen LogP contribution in [0.15, 0.2) is 65.6 Å². The smallest absolute Gasteiger partial charge is 0.335 e. The normalized spacial score (nSPS) is 24.7. The number of aromatic nitrogens is 1. The van der Waals surface area contributed by atoms with Gasteiger partial charge in [0.05, 0.1) is 40.9 Å². The van der Waals surface area contributed by atoms with Crippen LogP contribution in [0.2, 0.25) is 22.2 Å². The topological polar surface area (TPSA) is 78.8 Å². The second-order valence-corrected chi connectivity index (χ2v) is 23.5. The zero-order valence-electron chi connectivity index (χ0n) is 25.6. The molecule has 3 atom stereocenters. The number of rotatable bonds is 7. The third kappa shape index (κ3) is 5.19. The Bertz CT molecular complexity index is 1460. The molecule has 10 heteroatoms. The van der Waals surface area contributed by atoms with Gasteiger partial charge in [0.1, 0.15) is 0 Å². The molecule has 1 N–H and O–H groups in total. The van der Waals surface area contributed by atoms with Gasteiger partial charge in [-0.05, 0) is 52.9 Å². The summed E-state index contributed by atoms with van der Waals surface area (Å²) in [7, 11) is -9.25. The van der Waals surface area contributed by atoms with Crippen LogP contribution in [0.25, 0.3) is 10.9 Å². The van der Waals surface area contributed by atoms with E-state index in [1.54, 1.807) is 24.3 Å². The Morgan fingerprint density at radius 3 is 2.02 bits per heavy atom. The fourth-order valence-corrected chi connectivity index (χ4v) is 19.7. The molecule has 2 aliphatic heterocycles. The summed E-state index contributed by atoms with van der Waals surface area (Å²) < 4.78 is 51.3. The molecule has 0 aliphatic carbocycles. The van der Waals surface area contributed by atoms with E-state index in [0.29, 0.717) is 18.5 Å². The van der Waals surface area contributed by atoms with Crippen LogP contribution in [-0.2, 0) is 23.0 Å². The summed E-state index contributed by atoms with van der Waals surface area (Å²) in [6.07, 6.45) is 0.498. The minimum Gasteiger partial charge on any atom is -0.414 e. The molecule has 0 radical (unpaired) electrons. The maximum absolute atomic E-state index is 14.1. The van der Waals surface area contributed by atoms with E-state index in [9.17, 15) is 8.42 Å². The quantitative estimate of drug-likeness (QED) is 0.283. The van der Waals surface area contributed by atoms with E-state index < -0.39 is 27.1 Å². The van der Waals surface area contributed by atoms with Crippen molar-refractivity contribution < 1.29 is 21.4 Å². The monoisotopic (exact) mass is 614 g/mol. The Kier molecular flexibility index (Phi) is 8.50. The van der Waals surface area contributed by atoms with Crippen molar-refractivity contribution in [2.24, 2.45) is 0 Å². The van der Waals surface area contributed by atoms with Crippen LogP contribution in [0.1, 0.15) is 73.5 Å². The minimum atomic E-state index is -3.83. The first-order valence-electron chi connectivity index (χ1n) is 15.0. The van der Waals surface area contributed by atoms with Gasteiger partial charge in [-0.15, -0.1) is 0 Å². The highest BCUT2D eigenvalue weighted by molar-refractivity contribution is 7.90. The Hall–Kier alpha value is -1.80. The number of nitrogens with one attached hydrogen (secondary N) is 1. The molecule has 0 bridgehead atoms. The van der Waals surface area contributed by atoms with E-state index in [0.717, 1.165) is 11.1 Å². The van der Waals surface area contributed by atoms with Crippen LogP contribution in [-0.4, -0.2) is 48.3 Å². The fourth-order valence-electron chi connectivity index (χ4n) is 6.85. The molecule has 0 saturated carbocycles. The average Bonchev–Trinajstić information content (AvgIpc) is 3.50. The second-order valence-electron chi connectivity index (χ2n) is 12.9. The lowest BCUT2D eigenvalue weighted by Crippen LogP contribution is -2.65. The van der Waals surface area contributed by atoms with Crippen molar-refractivity contribution in [1.29, 1.82) is 0 Å². The molecular weight excluding hydrogens is 569 g/mol. The molecule has 224 valence electrons. The molecule has 5 rings (SSSR count). The highest BCUT2D eigenvalue weighted by Gasteiger charge is 2.59. The van der Waals surface area contributed by atoms with Crippen molar-refractivity contribution in [3.05, 3.63) is 66.4 Å². The van der Waals surface area contributed by atoms with Gasteiger partial charge < -0.3 is 18.3 Å². The van der Waals surface area contributed by atoms with Crippen molar-refractivity contribution in [1.82, 2.24) is 9.29 Å². The Balaban J connectivity index is 1.60. The summed E-state index contributed by atoms with van der Waals surface area (Å²) in [4.78, 5) is 0.273. The molecule has 3 heterocycles. The van der Waals surface area contributed by atoms with E-state index in [4.69, 9.17) is 13.0 Å². The molecule has 2 aromatic carbocycles. The Morgan fingerprint density at radius 1 is 0.829 bits per heavy atom. The number of nitrogens with zero attached hydrogens (tertiary/aromatic N) is 1. The standard InChI is InChI=1S/C31H46N2O5SSi2/c1-21(2)40(22(3)4)36-20-28-31(37-41(38-40,23(5)6)24(7)8)19-27(32-28)30-18-25-14-12-13-17-29(25)33(30)39(34,35)26-15-10-9-11-16-26/h9-18,21-24,27-28,31-32H,19-20H2,1-8H3/t27?,28-,31-/m0/s1. The predicted octanol–water partition coefficient (Wildman–Crippen LogP) is 7.24. The molecule has 0 amide bonds. The third-order valence-corrected chi connectivity index (χ3v) is 21.1. The number of fused-ring (bicyclic) bond motifs is 2. The SMILES string of the molecule is CC(C)[Si]1(C(C)C)OC[C@@H]2NC(c3cc4ccccc4n3S(=O)(=O)c3ccccc3)C[C@@H]2O[Si](C(C)C)(C(C)C)O1. The lowest BCUT2D eigenvalue weighted by Gasteiger charge is -2.51. The van der Waals surface area contributed by atoms with Gasteiger partial charge in [-0.2, -0.15) is 0 Å². The van der Waals surface area contributed by atoms with E-state index >= 15 is 0 Å². The van der Waals surface area contributed by atoms with Crippen LogP contribution in [0.3, 0.4) is 0 Å². The molecule has 7 nitrogen and oxygen atoms in total. The molecule has 3 aromatic rings. The van der Waals surface area contributed by atoms with E-state index in [2.05, 4.69) is 60.7 Å². The third-order valence-electron chi connectivity index (χ3n) is 9.03. The first-order chi connectivity index (χ1) is 19.3. The van der Waals surface area contributed by atoms with Gasteiger partial charge in [0.2, 0.25) is 0 Å². The maximum Gasteiger partial charge on any atom is 0.335 e. The van der Waals surface area contributed by atoms with Gasteiger partial charge in [0, 0.05) is 5.39 Å². The highest BCUT2D eigenvalue weighted by Crippen LogP contribution is 2.48. The predicted molar refractivity (Wildman–Crippen MR) is 169 cm³/mol. The highest BCUT2D eigenvalue weighted by atomic mass is 32.2. The van der Waals surface area contributed by atoms with Crippen molar-refractivity contribution in [3.63, 3.8) is 0 Å². The van der Waals surface area contributed by atoms with Gasteiger partial charge in [-0.3, -0.25) is 0 Å². The van der Waals surface area contributed by atoms with Gasteiger partial charge in [0.15, 0.2) is 0 Å². The zero-order chi connectivity index (χ0) is 29.7. The molecule has 2 fully saturated rings. The first kappa shape index (κ1) is 30.7. The van der Waals surface area contributed by atoms with Crippen LogP contribution in [0.5, 0.6) is 0 Å². The van der Waals surface area contributed by atoms with Crippen molar-refractivity contribution in [3.8, 4) is 0 Å². The molecule has 2 saturated heterocycles. The first-order valence-corrected chi connectivity index (χ1v) is 20.4. The van der Waals surface area contributed by atoms with Crippen molar-refractivity contribution in [2.45, 2.75) is 107 Å². The molecule has 1 aromatic heterocycles. The van der Waals surface area contributed by atoms with Crippen molar-refractivity contribution in [2.75, 3.05) is 6.61 Å². The summed E-state index contributed by atoms with van der Waals surface area (Å²) in [5, 5.41) is 4.68. The van der Waals surface area contributed by atoms with E-state index in [1.807, 2.05) is 36.4 Å². The van der Waals surface area contributed by atoms with Gasteiger partial charge in [-0.25, -0.2) is 12.4 Å². The molecule has 2 aliphatic rings. The minimum absolute atomic E-state index is 0.0662. The zero-order valence-corrected chi connectivity index (χ0v) is 28.4. The van der Waals surface area contributed by atoms with E-state index in [-0.39, 0.29) is 45.2 Å². The summed E-state index contributed by atoms with van der Waals surface area (Å²) >= 11 is 0. The number of benzene rings is 2. The summed E-state index contributed by atoms with van der Waals surface area (Å²) in [5.41, 5.74) is 2.41. The largest absolute Gasteiger partial charge is 0.414 e. The van der Waals surface area contributed by atoms with E-state index in [1.165, 1.54) is 3.97 Å². The molecular formula is C31H46N2O5SSi2.